The molecule has 0 aromatic heterocycles. The molecule has 6 nitrogen and oxygen atoms in total. The molecule has 1 aromatic carbocycles. The fourth-order valence-electron chi connectivity index (χ4n) is 2.46. The molecule has 0 spiro atoms. The SMILES string of the molecule is Cc1ccc(S(=O)(=O)N(CCC#N)CCN2CCOCC2)cc1. The largest absolute Gasteiger partial charge is 0.379 e. The van der Waals surface area contributed by atoms with Crippen LogP contribution in [0.2, 0.25) is 0 Å². The van der Waals surface area contributed by atoms with Crippen molar-refractivity contribution in [2.45, 2.75) is 18.2 Å². The van der Waals surface area contributed by atoms with Crippen LogP contribution in [0.3, 0.4) is 0 Å². The maximum Gasteiger partial charge on any atom is 0.243 e. The molecule has 1 aliphatic heterocycles. The zero-order valence-electron chi connectivity index (χ0n) is 13.4. The van der Waals surface area contributed by atoms with Crippen LogP contribution in [0.15, 0.2) is 29.2 Å². The first kappa shape index (κ1) is 17.9. The van der Waals surface area contributed by atoms with Gasteiger partial charge in [-0.2, -0.15) is 9.57 Å². The van der Waals surface area contributed by atoms with E-state index in [9.17, 15) is 8.42 Å². The highest BCUT2D eigenvalue weighted by atomic mass is 32.2. The van der Waals surface area contributed by atoms with Crippen LogP contribution in [-0.4, -0.2) is 63.6 Å². The van der Waals surface area contributed by atoms with Crippen LogP contribution in [0.5, 0.6) is 0 Å². The first-order chi connectivity index (χ1) is 11.0. The summed E-state index contributed by atoms with van der Waals surface area (Å²) in [4.78, 5) is 2.47. The summed E-state index contributed by atoms with van der Waals surface area (Å²) in [7, 11) is -3.57. The van der Waals surface area contributed by atoms with Crippen molar-refractivity contribution in [3.63, 3.8) is 0 Å². The van der Waals surface area contributed by atoms with Gasteiger partial charge in [-0.05, 0) is 19.1 Å². The van der Waals surface area contributed by atoms with E-state index in [0.717, 1.165) is 18.7 Å². The summed E-state index contributed by atoms with van der Waals surface area (Å²) in [5, 5.41) is 8.81. The Kier molecular flexibility index (Phi) is 6.54. The second-order valence-corrected chi connectivity index (χ2v) is 7.52. The monoisotopic (exact) mass is 337 g/mol. The Morgan fingerprint density at radius 1 is 1.22 bits per heavy atom. The van der Waals surface area contributed by atoms with Gasteiger partial charge in [-0.3, -0.25) is 4.90 Å². The minimum absolute atomic E-state index is 0.189. The first-order valence-electron chi connectivity index (χ1n) is 7.78. The molecule has 0 unspecified atom stereocenters. The van der Waals surface area contributed by atoms with Crippen molar-refractivity contribution in [3.05, 3.63) is 29.8 Å². The molecule has 0 N–H and O–H groups in total. The van der Waals surface area contributed by atoms with E-state index in [1.54, 1.807) is 24.3 Å². The summed E-state index contributed by atoms with van der Waals surface area (Å²) in [5.41, 5.74) is 1.01. The predicted octanol–water partition coefficient (Wildman–Crippen LogP) is 1.23. The number of aryl methyl sites for hydroxylation is 1. The fourth-order valence-corrected chi connectivity index (χ4v) is 3.90. The van der Waals surface area contributed by atoms with Gasteiger partial charge in [0.05, 0.1) is 24.2 Å². The van der Waals surface area contributed by atoms with E-state index in [1.807, 2.05) is 13.0 Å². The van der Waals surface area contributed by atoms with E-state index in [2.05, 4.69) is 4.90 Å². The van der Waals surface area contributed by atoms with Crippen molar-refractivity contribution in [1.82, 2.24) is 9.21 Å². The molecular formula is C16H23N3O3S. The van der Waals surface area contributed by atoms with Crippen molar-refractivity contribution >= 4 is 10.0 Å². The average Bonchev–Trinajstić information content (AvgIpc) is 2.56. The van der Waals surface area contributed by atoms with Crippen molar-refractivity contribution in [2.75, 3.05) is 45.9 Å². The molecule has 126 valence electrons. The maximum atomic E-state index is 12.8. The van der Waals surface area contributed by atoms with E-state index in [0.29, 0.717) is 26.3 Å². The lowest BCUT2D eigenvalue weighted by Crippen LogP contribution is -2.43. The topological polar surface area (TPSA) is 73.6 Å². The summed E-state index contributed by atoms with van der Waals surface area (Å²) in [6.45, 7) is 6.18. The van der Waals surface area contributed by atoms with Crippen LogP contribution >= 0.6 is 0 Å². The number of rotatable bonds is 7. The number of hydrogen-bond donors (Lipinski definition) is 0. The van der Waals surface area contributed by atoms with E-state index in [4.69, 9.17) is 10.00 Å². The molecule has 1 fully saturated rings. The molecule has 0 amide bonds. The highest BCUT2D eigenvalue weighted by Crippen LogP contribution is 2.17. The van der Waals surface area contributed by atoms with Gasteiger partial charge in [-0.15, -0.1) is 0 Å². The van der Waals surface area contributed by atoms with Gasteiger partial charge in [0.15, 0.2) is 0 Å². The van der Waals surface area contributed by atoms with Crippen LogP contribution in [-0.2, 0) is 14.8 Å². The Balaban J connectivity index is 2.09. The van der Waals surface area contributed by atoms with E-state index in [-0.39, 0.29) is 17.9 Å². The molecule has 0 aliphatic carbocycles. The summed E-state index contributed by atoms with van der Waals surface area (Å²) in [6.07, 6.45) is 0.189. The minimum atomic E-state index is -3.57. The number of nitrogens with zero attached hydrogens (tertiary/aromatic N) is 3. The Morgan fingerprint density at radius 3 is 2.48 bits per heavy atom. The van der Waals surface area contributed by atoms with Crippen LogP contribution < -0.4 is 0 Å². The lowest BCUT2D eigenvalue weighted by atomic mass is 10.2. The maximum absolute atomic E-state index is 12.8. The quantitative estimate of drug-likeness (QED) is 0.748. The number of sulfonamides is 1. The van der Waals surface area contributed by atoms with Gasteiger partial charge in [0.2, 0.25) is 10.0 Å². The van der Waals surface area contributed by atoms with Crippen LogP contribution in [0, 0.1) is 18.3 Å². The second-order valence-electron chi connectivity index (χ2n) is 5.58. The van der Waals surface area contributed by atoms with E-state index >= 15 is 0 Å². The number of nitriles is 1. The highest BCUT2D eigenvalue weighted by Gasteiger charge is 2.24. The molecule has 0 saturated carbocycles. The predicted molar refractivity (Wildman–Crippen MR) is 87.4 cm³/mol. The van der Waals surface area contributed by atoms with Gasteiger partial charge in [0.1, 0.15) is 0 Å². The minimum Gasteiger partial charge on any atom is -0.379 e. The molecule has 1 heterocycles. The molecule has 2 rings (SSSR count). The first-order valence-corrected chi connectivity index (χ1v) is 9.22. The third-order valence-corrected chi connectivity index (χ3v) is 5.81. The van der Waals surface area contributed by atoms with Crippen LogP contribution in [0.25, 0.3) is 0 Å². The number of ether oxygens (including phenoxy) is 1. The fraction of sp³-hybridized carbons (Fsp3) is 0.562. The highest BCUT2D eigenvalue weighted by molar-refractivity contribution is 7.89. The molecular weight excluding hydrogens is 314 g/mol. The molecule has 1 aromatic rings. The standard InChI is InChI=1S/C16H23N3O3S/c1-15-3-5-16(6-4-15)23(20,21)19(8-2-7-17)10-9-18-11-13-22-14-12-18/h3-6H,2,8-14H2,1H3. The van der Waals surface area contributed by atoms with Gasteiger partial charge < -0.3 is 4.74 Å². The van der Waals surface area contributed by atoms with Gasteiger partial charge in [-0.25, -0.2) is 8.42 Å². The smallest absolute Gasteiger partial charge is 0.243 e. The van der Waals surface area contributed by atoms with Gasteiger partial charge in [-0.1, -0.05) is 17.7 Å². The van der Waals surface area contributed by atoms with Crippen molar-refractivity contribution in [3.8, 4) is 6.07 Å². The van der Waals surface area contributed by atoms with Gasteiger partial charge in [0, 0.05) is 39.1 Å². The van der Waals surface area contributed by atoms with E-state index in [1.165, 1.54) is 4.31 Å². The number of benzene rings is 1. The second kappa shape index (κ2) is 8.41. The molecule has 0 radical (unpaired) electrons. The third-order valence-electron chi connectivity index (χ3n) is 3.90. The van der Waals surface area contributed by atoms with E-state index < -0.39 is 10.0 Å². The lowest BCUT2D eigenvalue weighted by Gasteiger charge is -2.29. The Bertz CT molecular complexity index is 632. The molecule has 1 saturated heterocycles. The molecule has 7 heteroatoms. The summed E-state index contributed by atoms with van der Waals surface area (Å²) in [6, 6.07) is 8.85. The van der Waals surface area contributed by atoms with Crippen molar-refractivity contribution in [2.24, 2.45) is 0 Å². The zero-order valence-corrected chi connectivity index (χ0v) is 14.3. The van der Waals surface area contributed by atoms with Crippen LogP contribution in [0.1, 0.15) is 12.0 Å². The van der Waals surface area contributed by atoms with Crippen LogP contribution in [0.4, 0.5) is 0 Å². The van der Waals surface area contributed by atoms with Crippen molar-refractivity contribution in [1.29, 1.82) is 5.26 Å². The van der Waals surface area contributed by atoms with Gasteiger partial charge >= 0.3 is 0 Å². The molecule has 0 atom stereocenters. The zero-order chi connectivity index (χ0) is 16.7. The Morgan fingerprint density at radius 2 is 1.87 bits per heavy atom. The molecule has 23 heavy (non-hydrogen) atoms. The third kappa shape index (κ3) is 5.01. The number of hydrogen-bond acceptors (Lipinski definition) is 5. The summed E-state index contributed by atoms with van der Waals surface area (Å²) in [5.74, 6) is 0. The number of morpholine rings is 1. The van der Waals surface area contributed by atoms with Gasteiger partial charge in [0.25, 0.3) is 0 Å². The lowest BCUT2D eigenvalue weighted by molar-refractivity contribution is 0.0363. The molecule has 1 aliphatic rings. The average molecular weight is 337 g/mol. The summed E-state index contributed by atoms with van der Waals surface area (Å²) >= 11 is 0. The normalized spacial score (nSPS) is 16.4. The summed E-state index contributed by atoms with van der Waals surface area (Å²) < 4.78 is 32.3. The van der Waals surface area contributed by atoms with Crippen molar-refractivity contribution < 1.29 is 13.2 Å². The Hall–Kier alpha value is -1.46. The molecule has 0 bridgehead atoms. The Labute approximate surface area is 138 Å².